The molecule has 0 unspecified atom stereocenters. The van der Waals surface area contributed by atoms with Crippen LogP contribution in [-0.4, -0.2) is 35.0 Å². The topological polar surface area (TPSA) is 106 Å². The minimum absolute atomic E-state index is 0.171. The molecule has 0 bridgehead atoms. The predicted molar refractivity (Wildman–Crippen MR) is 112 cm³/mol. The first-order valence-corrected chi connectivity index (χ1v) is 9.45. The Labute approximate surface area is 169 Å². The maximum Gasteiger partial charge on any atom is 0.247 e. The van der Waals surface area contributed by atoms with Crippen LogP contribution in [-0.2, 0) is 4.79 Å². The highest BCUT2D eigenvalue weighted by atomic mass is 16.2. The summed E-state index contributed by atoms with van der Waals surface area (Å²) < 4.78 is 0. The molecule has 1 aromatic heterocycles. The lowest BCUT2D eigenvalue weighted by Gasteiger charge is -2.19. The van der Waals surface area contributed by atoms with Crippen molar-refractivity contribution in [1.29, 1.82) is 5.26 Å². The Balaban J connectivity index is 1.71. The number of rotatable bonds is 4. The monoisotopic (exact) mass is 387 g/mol. The number of allylic oxidation sites excluding steroid dienone is 1. The third-order valence-corrected chi connectivity index (χ3v) is 4.89. The Hall–Kier alpha value is -3.70. The molecule has 0 fully saturated rings. The molecule has 0 saturated heterocycles. The molecule has 0 saturated carbocycles. The Morgan fingerprint density at radius 2 is 2.24 bits per heavy atom. The van der Waals surface area contributed by atoms with Crippen LogP contribution < -0.4 is 20.9 Å². The molecule has 1 amide bonds. The minimum atomic E-state index is -0.404. The minimum Gasteiger partial charge on any atom is -0.339 e. The van der Waals surface area contributed by atoms with Crippen molar-refractivity contribution in [3.05, 3.63) is 59.7 Å². The fourth-order valence-corrected chi connectivity index (χ4v) is 3.46. The number of carbonyl (C=O) groups is 1. The first kappa shape index (κ1) is 18.7. The quantitative estimate of drug-likeness (QED) is 0.546. The van der Waals surface area contributed by atoms with Crippen molar-refractivity contribution < 1.29 is 4.79 Å². The lowest BCUT2D eigenvalue weighted by Crippen LogP contribution is -2.36. The molecule has 0 radical (unpaired) electrons. The summed E-state index contributed by atoms with van der Waals surface area (Å²) in [6.07, 6.45) is 5.31. The van der Waals surface area contributed by atoms with Crippen LogP contribution in [0.5, 0.6) is 0 Å². The summed E-state index contributed by atoms with van der Waals surface area (Å²) in [5.74, 6) is 0.613. The summed E-state index contributed by atoms with van der Waals surface area (Å²) in [6, 6.07) is 9.78. The molecule has 3 N–H and O–H groups in total. The highest BCUT2D eigenvalue weighted by Gasteiger charge is 2.27. The van der Waals surface area contributed by atoms with E-state index in [4.69, 9.17) is 0 Å². The molecule has 29 heavy (non-hydrogen) atoms. The predicted octanol–water partition coefficient (Wildman–Crippen LogP) is 2.40. The van der Waals surface area contributed by atoms with Crippen LogP contribution in [0, 0.1) is 18.3 Å². The van der Waals surface area contributed by atoms with Crippen molar-refractivity contribution in [2.75, 3.05) is 28.6 Å². The Morgan fingerprint density at radius 3 is 2.97 bits per heavy atom. The average molecular weight is 387 g/mol. The molecule has 1 atom stereocenters. The zero-order valence-electron chi connectivity index (χ0n) is 16.2. The van der Waals surface area contributed by atoms with Gasteiger partial charge in [0.1, 0.15) is 23.5 Å². The second-order valence-corrected chi connectivity index (χ2v) is 6.75. The van der Waals surface area contributed by atoms with Crippen LogP contribution in [0.25, 0.3) is 5.57 Å². The smallest absolute Gasteiger partial charge is 0.247 e. The summed E-state index contributed by atoms with van der Waals surface area (Å²) in [5.41, 5.74) is 3.59. The van der Waals surface area contributed by atoms with Gasteiger partial charge in [-0.3, -0.25) is 15.4 Å². The van der Waals surface area contributed by atoms with Gasteiger partial charge in [0, 0.05) is 19.3 Å². The van der Waals surface area contributed by atoms with Gasteiger partial charge >= 0.3 is 0 Å². The molecule has 0 aliphatic carbocycles. The van der Waals surface area contributed by atoms with Crippen LogP contribution >= 0.6 is 0 Å². The van der Waals surface area contributed by atoms with Crippen LogP contribution in [0.4, 0.5) is 17.3 Å². The van der Waals surface area contributed by atoms with E-state index in [9.17, 15) is 10.1 Å². The SMILES string of the molecule is CCN1C(=C(C#N)c2nc(NC(=O)[C@@H]3C=CCN3)ncc2C)Nc2ccccc21. The van der Waals surface area contributed by atoms with Gasteiger partial charge in [0.25, 0.3) is 0 Å². The molecule has 1 aromatic carbocycles. The summed E-state index contributed by atoms with van der Waals surface area (Å²) in [4.78, 5) is 23.1. The van der Waals surface area contributed by atoms with E-state index in [1.807, 2.05) is 49.1 Å². The van der Waals surface area contributed by atoms with Gasteiger partial charge in [0.05, 0.1) is 17.1 Å². The first-order valence-electron chi connectivity index (χ1n) is 9.45. The van der Waals surface area contributed by atoms with Crippen LogP contribution in [0.15, 0.2) is 48.4 Å². The Bertz CT molecular complexity index is 1070. The van der Waals surface area contributed by atoms with Gasteiger partial charge in [-0.05, 0) is 31.5 Å². The average Bonchev–Trinajstić information content (AvgIpc) is 3.38. The number of nitrogens with one attached hydrogen (secondary N) is 3. The molecule has 2 aromatic rings. The summed E-state index contributed by atoms with van der Waals surface area (Å²) in [6.45, 7) is 5.22. The highest BCUT2D eigenvalue weighted by Crippen LogP contribution is 2.38. The van der Waals surface area contributed by atoms with Crippen LogP contribution in [0.2, 0.25) is 0 Å². The number of carbonyl (C=O) groups excluding carboxylic acids is 1. The number of aromatic nitrogens is 2. The molecule has 2 aliphatic rings. The number of nitriles is 1. The van der Waals surface area contributed by atoms with E-state index in [1.54, 1.807) is 12.3 Å². The van der Waals surface area contributed by atoms with E-state index in [0.717, 1.165) is 16.9 Å². The number of hydrogen-bond acceptors (Lipinski definition) is 7. The zero-order chi connectivity index (χ0) is 20.4. The number of benzene rings is 1. The number of para-hydroxylation sites is 2. The second-order valence-electron chi connectivity index (χ2n) is 6.75. The fourth-order valence-electron chi connectivity index (χ4n) is 3.46. The van der Waals surface area contributed by atoms with E-state index in [-0.39, 0.29) is 11.9 Å². The second kappa shape index (κ2) is 7.73. The number of aryl methyl sites for hydroxylation is 1. The highest BCUT2D eigenvalue weighted by molar-refractivity contribution is 5.96. The van der Waals surface area contributed by atoms with Gasteiger partial charge in [-0.1, -0.05) is 24.3 Å². The van der Waals surface area contributed by atoms with Crippen LogP contribution in [0.3, 0.4) is 0 Å². The number of anilines is 3. The number of hydrogen-bond donors (Lipinski definition) is 3. The Morgan fingerprint density at radius 1 is 1.41 bits per heavy atom. The van der Waals surface area contributed by atoms with Crippen molar-refractivity contribution in [3.63, 3.8) is 0 Å². The molecule has 2 aliphatic heterocycles. The normalized spacial score (nSPS) is 18.8. The van der Waals surface area contributed by atoms with E-state index >= 15 is 0 Å². The van der Waals surface area contributed by atoms with Crippen molar-refractivity contribution in [2.24, 2.45) is 0 Å². The van der Waals surface area contributed by atoms with E-state index in [0.29, 0.717) is 30.2 Å². The molecule has 8 nitrogen and oxygen atoms in total. The van der Waals surface area contributed by atoms with Crippen molar-refractivity contribution >= 4 is 28.8 Å². The van der Waals surface area contributed by atoms with Gasteiger partial charge in [0.2, 0.25) is 11.9 Å². The van der Waals surface area contributed by atoms with Crippen molar-refractivity contribution in [2.45, 2.75) is 19.9 Å². The largest absolute Gasteiger partial charge is 0.339 e. The molecule has 146 valence electrons. The maximum atomic E-state index is 12.4. The standard InChI is InChI=1S/C21H21N7O/c1-3-28-17-9-5-4-7-15(17)25-19(28)14(11-22)18-13(2)12-24-21(26-18)27-20(29)16-8-6-10-23-16/h4-9,12,16,23,25H,3,10H2,1-2H3,(H,24,26,27,29)/t16-/m0/s1. The number of nitrogens with zero attached hydrogens (tertiary/aromatic N) is 4. The van der Waals surface area contributed by atoms with Gasteiger partial charge < -0.3 is 10.2 Å². The van der Waals surface area contributed by atoms with Crippen molar-refractivity contribution in [3.8, 4) is 6.07 Å². The summed E-state index contributed by atoms with van der Waals surface area (Å²) in [7, 11) is 0. The molecule has 4 rings (SSSR count). The lowest BCUT2D eigenvalue weighted by molar-refractivity contribution is -0.117. The summed E-state index contributed by atoms with van der Waals surface area (Å²) in [5, 5.41) is 19.1. The molecule has 3 heterocycles. The molecule has 8 heteroatoms. The van der Waals surface area contributed by atoms with Gasteiger partial charge in [0.15, 0.2) is 0 Å². The van der Waals surface area contributed by atoms with E-state index in [1.165, 1.54) is 0 Å². The lowest BCUT2D eigenvalue weighted by atomic mass is 10.1. The van der Waals surface area contributed by atoms with Crippen molar-refractivity contribution in [1.82, 2.24) is 15.3 Å². The Kier molecular flexibility index (Phi) is 4.97. The third kappa shape index (κ3) is 3.44. The summed E-state index contributed by atoms with van der Waals surface area (Å²) >= 11 is 0. The number of amides is 1. The molecular formula is C21H21N7O. The van der Waals surface area contributed by atoms with Gasteiger partial charge in [-0.25, -0.2) is 9.97 Å². The van der Waals surface area contributed by atoms with Gasteiger partial charge in [-0.2, -0.15) is 5.26 Å². The van der Waals surface area contributed by atoms with Crippen LogP contribution in [0.1, 0.15) is 18.2 Å². The zero-order valence-corrected chi connectivity index (χ0v) is 16.2. The molecule has 0 spiro atoms. The van der Waals surface area contributed by atoms with E-state index < -0.39 is 6.04 Å². The number of fused-ring (bicyclic) bond motifs is 1. The third-order valence-electron chi connectivity index (χ3n) is 4.89. The molecular weight excluding hydrogens is 366 g/mol. The van der Waals surface area contributed by atoms with E-state index in [2.05, 4.69) is 32.0 Å². The van der Waals surface area contributed by atoms with Gasteiger partial charge in [-0.15, -0.1) is 0 Å². The fraction of sp³-hybridized carbons (Fsp3) is 0.238. The maximum absolute atomic E-state index is 12.4. The first-order chi connectivity index (χ1) is 14.1.